The summed E-state index contributed by atoms with van der Waals surface area (Å²) in [6.45, 7) is 5.33. The first-order valence-electron chi connectivity index (χ1n) is 13.3. The normalized spacial score (nSPS) is 11.7. The molecule has 0 radical (unpaired) electrons. The van der Waals surface area contributed by atoms with E-state index in [2.05, 4.69) is 44.3 Å². The van der Waals surface area contributed by atoms with Crippen LogP contribution in [0.5, 0.6) is 5.75 Å². The quantitative estimate of drug-likeness (QED) is 0.215. The maximum absolute atomic E-state index is 14.6. The molecule has 0 saturated carbocycles. The Morgan fingerprint density at radius 3 is 2.73 bits per heavy atom. The molecule has 10 nitrogen and oxygen atoms in total. The number of aromatic nitrogens is 7. The molecule has 0 amide bonds. The average Bonchev–Trinajstić information content (AvgIpc) is 3.56. The summed E-state index contributed by atoms with van der Waals surface area (Å²) in [5.41, 5.74) is 7.11. The summed E-state index contributed by atoms with van der Waals surface area (Å²) in [4.78, 5) is 23.8. The predicted molar refractivity (Wildman–Crippen MR) is 158 cm³/mol. The first-order chi connectivity index (χ1) is 19.8. The van der Waals surface area contributed by atoms with Gasteiger partial charge in [-0.05, 0) is 69.9 Å². The molecule has 0 spiro atoms. The third kappa shape index (κ3) is 5.57. The molecule has 41 heavy (non-hydrogen) atoms. The van der Waals surface area contributed by atoms with E-state index in [1.165, 1.54) is 12.1 Å². The van der Waals surface area contributed by atoms with E-state index in [9.17, 15) is 4.39 Å². The van der Waals surface area contributed by atoms with Crippen molar-refractivity contribution >= 4 is 27.9 Å². The fourth-order valence-corrected chi connectivity index (χ4v) is 4.63. The van der Waals surface area contributed by atoms with Gasteiger partial charge in [-0.1, -0.05) is 0 Å². The smallest absolute Gasteiger partial charge is 0.178 e. The van der Waals surface area contributed by atoms with Crippen molar-refractivity contribution in [3.63, 3.8) is 0 Å². The van der Waals surface area contributed by atoms with Crippen LogP contribution >= 0.6 is 0 Å². The number of halogens is 1. The number of H-pyrrole nitrogens is 2. The van der Waals surface area contributed by atoms with Crippen LogP contribution in [0.25, 0.3) is 56.1 Å². The predicted octanol–water partition coefficient (Wildman–Crippen LogP) is 5.53. The van der Waals surface area contributed by atoms with Crippen LogP contribution in [-0.4, -0.2) is 73.3 Å². The average molecular weight is 552 g/mol. The number of pyridine rings is 3. The first-order valence-corrected chi connectivity index (χ1v) is 13.3. The van der Waals surface area contributed by atoms with Gasteiger partial charge in [-0.3, -0.25) is 10.1 Å². The van der Waals surface area contributed by atoms with Crippen molar-refractivity contribution in [3.8, 4) is 39.7 Å². The summed E-state index contributed by atoms with van der Waals surface area (Å²) in [7, 11) is 3.92. The second kappa shape index (κ2) is 10.9. The molecule has 0 bridgehead atoms. The number of benzene rings is 1. The van der Waals surface area contributed by atoms with Crippen LogP contribution < -0.4 is 10.1 Å². The molecular weight excluding hydrogens is 521 g/mol. The second-order valence-electron chi connectivity index (χ2n) is 10.4. The Morgan fingerprint density at radius 2 is 1.90 bits per heavy atom. The van der Waals surface area contributed by atoms with Gasteiger partial charge in [0, 0.05) is 48.4 Å². The Hall–Kier alpha value is -4.90. The second-order valence-corrected chi connectivity index (χ2v) is 10.4. The Balaban J connectivity index is 1.37. The molecule has 6 aromatic rings. The van der Waals surface area contributed by atoms with Crippen LogP contribution in [0.2, 0.25) is 0 Å². The summed E-state index contributed by atoms with van der Waals surface area (Å²) in [5.74, 6) is 0.580. The number of ether oxygens (including phenoxy) is 1. The number of hydrogen-bond donors (Lipinski definition) is 3. The zero-order chi connectivity index (χ0) is 28.5. The summed E-state index contributed by atoms with van der Waals surface area (Å²) < 4.78 is 20.4. The van der Waals surface area contributed by atoms with Crippen molar-refractivity contribution in [2.75, 3.05) is 32.6 Å². The SMILES string of the molecule is CC(C)Nc1cncc(-c2ccc3[nH]nc(-c4nc5nccc(-c6cc(F)cc(OCCN(C)C)c6)c5[nH]4)c3n2)c1. The van der Waals surface area contributed by atoms with Crippen molar-refractivity contribution in [1.82, 2.24) is 40.0 Å². The summed E-state index contributed by atoms with van der Waals surface area (Å²) >= 11 is 0. The minimum Gasteiger partial charge on any atom is -0.492 e. The highest BCUT2D eigenvalue weighted by Gasteiger charge is 2.18. The van der Waals surface area contributed by atoms with E-state index in [1.807, 2.05) is 49.3 Å². The number of hydrogen-bond acceptors (Lipinski definition) is 8. The highest BCUT2D eigenvalue weighted by Crippen LogP contribution is 2.33. The van der Waals surface area contributed by atoms with Gasteiger partial charge in [0.1, 0.15) is 23.7 Å². The maximum atomic E-state index is 14.6. The number of rotatable bonds is 9. The molecule has 0 aliphatic heterocycles. The number of nitrogens with one attached hydrogen (secondary N) is 3. The van der Waals surface area contributed by atoms with Crippen LogP contribution in [0, 0.1) is 5.82 Å². The minimum absolute atomic E-state index is 0.282. The van der Waals surface area contributed by atoms with Crippen LogP contribution in [0.1, 0.15) is 13.8 Å². The minimum atomic E-state index is -0.385. The highest BCUT2D eigenvalue weighted by molar-refractivity contribution is 5.95. The fraction of sp³-hybridized carbons (Fsp3) is 0.233. The van der Waals surface area contributed by atoms with Gasteiger partial charge in [0.25, 0.3) is 0 Å². The maximum Gasteiger partial charge on any atom is 0.178 e. The van der Waals surface area contributed by atoms with E-state index in [0.717, 1.165) is 34.6 Å². The van der Waals surface area contributed by atoms with Crippen LogP contribution in [0.4, 0.5) is 10.1 Å². The van der Waals surface area contributed by atoms with Crippen molar-refractivity contribution in [1.29, 1.82) is 0 Å². The first kappa shape index (κ1) is 26.3. The molecule has 0 aliphatic rings. The molecule has 6 rings (SSSR count). The van der Waals surface area contributed by atoms with Gasteiger partial charge < -0.3 is 19.9 Å². The molecule has 0 atom stereocenters. The van der Waals surface area contributed by atoms with E-state index < -0.39 is 0 Å². The van der Waals surface area contributed by atoms with E-state index in [-0.39, 0.29) is 11.9 Å². The van der Waals surface area contributed by atoms with Crippen LogP contribution in [0.3, 0.4) is 0 Å². The molecule has 11 heteroatoms. The monoisotopic (exact) mass is 551 g/mol. The van der Waals surface area contributed by atoms with Crippen LogP contribution in [-0.2, 0) is 0 Å². The summed E-state index contributed by atoms with van der Waals surface area (Å²) in [6, 6.07) is 12.7. The van der Waals surface area contributed by atoms with E-state index in [1.54, 1.807) is 18.6 Å². The Labute approximate surface area is 236 Å². The largest absolute Gasteiger partial charge is 0.492 e. The van der Waals surface area contributed by atoms with Gasteiger partial charge in [0.15, 0.2) is 17.2 Å². The Bertz CT molecular complexity index is 1840. The Morgan fingerprint density at radius 1 is 1.02 bits per heavy atom. The van der Waals surface area contributed by atoms with Crippen molar-refractivity contribution in [2.24, 2.45) is 0 Å². The highest BCUT2D eigenvalue weighted by atomic mass is 19.1. The van der Waals surface area contributed by atoms with E-state index >= 15 is 0 Å². The van der Waals surface area contributed by atoms with Crippen LogP contribution in [0.15, 0.2) is 61.1 Å². The van der Waals surface area contributed by atoms with E-state index in [0.29, 0.717) is 46.1 Å². The molecule has 0 fully saturated rings. The molecule has 0 unspecified atom stereocenters. The molecule has 5 heterocycles. The number of fused-ring (bicyclic) bond motifs is 2. The number of anilines is 1. The lowest BCUT2D eigenvalue weighted by atomic mass is 10.1. The lowest BCUT2D eigenvalue weighted by molar-refractivity contribution is 0.260. The van der Waals surface area contributed by atoms with Gasteiger partial charge in [0.2, 0.25) is 0 Å². The van der Waals surface area contributed by atoms with Gasteiger partial charge in [-0.2, -0.15) is 5.10 Å². The Kier molecular flexibility index (Phi) is 7.02. The lowest BCUT2D eigenvalue weighted by Gasteiger charge is -2.12. The zero-order valence-corrected chi connectivity index (χ0v) is 23.2. The molecule has 1 aromatic carbocycles. The third-order valence-electron chi connectivity index (χ3n) is 6.50. The number of aromatic amines is 2. The topological polar surface area (TPSA) is 121 Å². The number of nitrogens with zero attached hydrogens (tertiary/aromatic N) is 6. The summed E-state index contributed by atoms with van der Waals surface area (Å²) in [6.07, 6.45) is 5.24. The molecule has 0 saturated heterocycles. The molecular formula is C30H30FN9O. The molecule has 0 aliphatic carbocycles. The van der Waals surface area contributed by atoms with Gasteiger partial charge in [-0.15, -0.1) is 0 Å². The summed E-state index contributed by atoms with van der Waals surface area (Å²) in [5, 5.41) is 10.9. The lowest BCUT2D eigenvalue weighted by Crippen LogP contribution is -2.19. The number of imidazole rings is 1. The van der Waals surface area contributed by atoms with Crippen molar-refractivity contribution in [3.05, 3.63) is 66.9 Å². The molecule has 5 aromatic heterocycles. The standard InChI is InChI=1S/C30H30FN9O/c1-17(2)34-21-12-19(15-32-16-21)24-5-6-25-27(35-24)28(39-38-25)30-36-26-23(7-8-33-29(26)37-30)18-11-20(31)14-22(13-18)41-10-9-40(3)4/h5-8,11-17,34H,9-10H2,1-4H3,(H,38,39)(H,33,36,37). The van der Waals surface area contributed by atoms with E-state index in [4.69, 9.17) is 14.7 Å². The third-order valence-corrected chi connectivity index (χ3v) is 6.50. The zero-order valence-electron chi connectivity index (χ0n) is 23.2. The van der Waals surface area contributed by atoms with Gasteiger partial charge >= 0.3 is 0 Å². The molecule has 208 valence electrons. The van der Waals surface area contributed by atoms with Gasteiger partial charge in [-0.25, -0.2) is 19.3 Å². The number of likely N-dealkylation sites (N-methyl/N-ethyl adjacent to an activating group) is 1. The van der Waals surface area contributed by atoms with Gasteiger partial charge in [0.05, 0.1) is 22.4 Å². The fourth-order valence-electron chi connectivity index (χ4n) is 4.63. The molecule has 3 N–H and O–H groups in total. The van der Waals surface area contributed by atoms with Crippen molar-refractivity contribution in [2.45, 2.75) is 19.9 Å². The van der Waals surface area contributed by atoms with Crippen molar-refractivity contribution < 1.29 is 9.13 Å².